The Balaban J connectivity index is 0.00000176. The van der Waals surface area contributed by atoms with Gasteiger partial charge in [-0.1, -0.05) is 18.2 Å². The summed E-state index contributed by atoms with van der Waals surface area (Å²) in [4.78, 5) is 0. The van der Waals surface area contributed by atoms with Gasteiger partial charge in [0.05, 0.1) is 7.11 Å². The zero-order valence-corrected chi connectivity index (χ0v) is 13.1. The Bertz CT molecular complexity index is 757. The minimum atomic E-state index is 0. The summed E-state index contributed by atoms with van der Waals surface area (Å²) in [7, 11) is 1.68. The first-order valence-electron chi connectivity index (χ1n) is 6.99. The minimum Gasteiger partial charge on any atom is -1.00 e. The van der Waals surface area contributed by atoms with Crippen LogP contribution in [-0.4, -0.2) is 12.2 Å². The highest BCUT2D eigenvalue weighted by Crippen LogP contribution is 2.17. The van der Waals surface area contributed by atoms with Gasteiger partial charge in [0.2, 0.25) is 0 Å². The first kappa shape index (κ1) is 16.1. The highest BCUT2D eigenvalue weighted by Gasteiger charge is 2.05. The average molecular weight is 316 g/mol. The SMILES string of the molecule is COc1ccc(CC[n+]2ccc3ccc(O)cc3c2)cc1.[Cl-]. The molecular formula is C18H18ClNO2. The fourth-order valence-electron chi connectivity index (χ4n) is 2.41. The molecule has 3 nitrogen and oxygen atoms in total. The normalized spacial score (nSPS) is 10.2. The summed E-state index contributed by atoms with van der Waals surface area (Å²) in [5.41, 5.74) is 1.28. The molecule has 22 heavy (non-hydrogen) atoms. The second-order valence-electron chi connectivity index (χ2n) is 5.09. The Morgan fingerprint density at radius 1 is 1.00 bits per heavy atom. The number of aromatic hydroxyl groups is 1. The molecule has 0 amide bonds. The molecule has 0 bridgehead atoms. The van der Waals surface area contributed by atoms with Crippen molar-refractivity contribution in [2.45, 2.75) is 13.0 Å². The molecule has 0 radical (unpaired) electrons. The quantitative estimate of drug-likeness (QED) is 0.692. The number of fused-ring (bicyclic) bond motifs is 1. The second-order valence-corrected chi connectivity index (χ2v) is 5.09. The number of halogens is 1. The summed E-state index contributed by atoms with van der Waals surface area (Å²) >= 11 is 0. The van der Waals surface area contributed by atoms with Crippen molar-refractivity contribution in [1.29, 1.82) is 0 Å². The van der Waals surface area contributed by atoms with Crippen molar-refractivity contribution < 1.29 is 26.8 Å². The van der Waals surface area contributed by atoms with E-state index >= 15 is 0 Å². The first-order chi connectivity index (χ1) is 10.2. The third-order valence-corrected chi connectivity index (χ3v) is 3.64. The van der Waals surface area contributed by atoms with Gasteiger partial charge in [0.15, 0.2) is 18.9 Å². The van der Waals surface area contributed by atoms with Crippen LogP contribution in [0.1, 0.15) is 5.56 Å². The lowest BCUT2D eigenvalue weighted by molar-refractivity contribution is -0.695. The molecule has 0 saturated carbocycles. The van der Waals surface area contributed by atoms with Crippen LogP contribution in [0.2, 0.25) is 0 Å². The Morgan fingerprint density at radius 2 is 1.77 bits per heavy atom. The molecule has 3 rings (SSSR count). The molecule has 3 aromatic rings. The number of ether oxygens (including phenoxy) is 1. The molecule has 1 N–H and O–H groups in total. The second kappa shape index (κ2) is 7.14. The van der Waals surface area contributed by atoms with E-state index in [1.807, 2.05) is 18.2 Å². The molecule has 114 valence electrons. The van der Waals surface area contributed by atoms with Gasteiger partial charge < -0.3 is 22.3 Å². The maximum Gasteiger partial charge on any atom is 0.176 e. The highest BCUT2D eigenvalue weighted by molar-refractivity contribution is 5.81. The lowest BCUT2D eigenvalue weighted by atomic mass is 10.1. The fourth-order valence-corrected chi connectivity index (χ4v) is 2.41. The van der Waals surface area contributed by atoms with Crippen LogP contribution >= 0.6 is 0 Å². The Kier molecular flexibility index (Phi) is 5.23. The number of aryl methyl sites for hydroxylation is 2. The van der Waals surface area contributed by atoms with Gasteiger partial charge in [-0.2, -0.15) is 0 Å². The standard InChI is InChI=1S/C18H17NO2.ClH/c1-21-18-6-2-14(3-7-18)8-10-19-11-9-15-4-5-17(20)12-16(15)13-19;/h2-7,9,11-13H,8,10H2,1H3;1H. The first-order valence-corrected chi connectivity index (χ1v) is 6.99. The molecule has 0 spiro atoms. The van der Waals surface area contributed by atoms with Gasteiger partial charge in [-0.05, 0) is 35.2 Å². The smallest absolute Gasteiger partial charge is 0.176 e. The average Bonchev–Trinajstić information content (AvgIpc) is 2.53. The number of nitrogens with zero attached hydrogens (tertiary/aromatic N) is 1. The van der Waals surface area contributed by atoms with Crippen LogP contribution in [0.5, 0.6) is 11.5 Å². The maximum atomic E-state index is 9.56. The summed E-state index contributed by atoms with van der Waals surface area (Å²) in [6, 6.07) is 15.7. The summed E-state index contributed by atoms with van der Waals surface area (Å²) < 4.78 is 7.31. The Hall–Kier alpha value is -2.26. The van der Waals surface area contributed by atoms with E-state index in [1.165, 1.54) is 5.56 Å². The van der Waals surface area contributed by atoms with Gasteiger partial charge >= 0.3 is 0 Å². The van der Waals surface area contributed by atoms with Crippen molar-refractivity contribution >= 4 is 10.8 Å². The van der Waals surface area contributed by atoms with Crippen LogP contribution < -0.4 is 21.7 Å². The van der Waals surface area contributed by atoms with Crippen molar-refractivity contribution in [3.63, 3.8) is 0 Å². The monoisotopic (exact) mass is 315 g/mol. The molecule has 2 aromatic carbocycles. The number of hydrogen-bond acceptors (Lipinski definition) is 2. The van der Waals surface area contributed by atoms with Crippen LogP contribution in [0.25, 0.3) is 10.8 Å². The number of aromatic nitrogens is 1. The van der Waals surface area contributed by atoms with Crippen LogP contribution in [0.15, 0.2) is 60.9 Å². The number of rotatable bonds is 4. The van der Waals surface area contributed by atoms with Crippen LogP contribution in [-0.2, 0) is 13.0 Å². The molecule has 0 saturated heterocycles. The van der Waals surface area contributed by atoms with Crippen molar-refractivity contribution in [2.75, 3.05) is 7.11 Å². The zero-order chi connectivity index (χ0) is 14.7. The molecule has 1 aromatic heterocycles. The van der Waals surface area contributed by atoms with Gasteiger partial charge in [-0.25, -0.2) is 4.57 Å². The summed E-state index contributed by atoms with van der Waals surface area (Å²) in [6.45, 7) is 0.901. The molecule has 0 aliphatic rings. The number of phenolic OH excluding ortho intramolecular Hbond substituents is 1. The molecule has 0 fully saturated rings. The van der Waals surface area contributed by atoms with E-state index in [0.29, 0.717) is 5.75 Å². The van der Waals surface area contributed by atoms with Crippen molar-refractivity contribution in [3.8, 4) is 11.5 Å². The predicted molar refractivity (Wildman–Crippen MR) is 82.5 cm³/mol. The number of methoxy groups -OCH3 is 1. The number of benzene rings is 2. The maximum absolute atomic E-state index is 9.56. The Labute approximate surface area is 136 Å². The van der Waals surface area contributed by atoms with E-state index < -0.39 is 0 Å². The van der Waals surface area contributed by atoms with Crippen molar-refractivity contribution in [2.24, 2.45) is 0 Å². The van der Waals surface area contributed by atoms with Crippen LogP contribution in [0.4, 0.5) is 0 Å². The molecule has 0 aliphatic heterocycles. The van der Waals surface area contributed by atoms with Gasteiger partial charge in [0, 0.05) is 17.9 Å². The number of hydrogen-bond donors (Lipinski definition) is 1. The minimum absolute atomic E-state index is 0. The van der Waals surface area contributed by atoms with Gasteiger partial charge in [0.1, 0.15) is 11.5 Å². The van der Waals surface area contributed by atoms with Crippen molar-refractivity contribution in [1.82, 2.24) is 0 Å². The van der Waals surface area contributed by atoms with Gasteiger partial charge in [-0.3, -0.25) is 0 Å². The highest BCUT2D eigenvalue weighted by atomic mass is 35.5. The van der Waals surface area contributed by atoms with Gasteiger partial charge in [-0.15, -0.1) is 0 Å². The Morgan fingerprint density at radius 3 is 2.50 bits per heavy atom. The lowest BCUT2D eigenvalue weighted by Crippen LogP contribution is -3.00. The molecule has 0 atom stereocenters. The molecule has 4 heteroatoms. The summed E-state index contributed by atoms with van der Waals surface area (Å²) in [5, 5.41) is 11.7. The van der Waals surface area contributed by atoms with E-state index in [4.69, 9.17) is 4.74 Å². The summed E-state index contributed by atoms with van der Waals surface area (Å²) in [5.74, 6) is 1.18. The lowest BCUT2D eigenvalue weighted by Gasteiger charge is -2.03. The molecule has 1 heterocycles. The van der Waals surface area contributed by atoms with E-state index in [0.717, 1.165) is 29.5 Å². The zero-order valence-electron chi connectivity index (χ0n) is 12.4. The van der Waals surface area contributed by atoms with Crippen LogP contribution in [0, 0.1) is 0 Å². The van der Waals surface area contributed by atoms with E-state index in [2.05, 4.69) is 35.2 Å². The van der Waals surface area contributed by atoms with Crippen molar-refractivity contribution in [3.05, 3.63) is 66.5 Å². The van der Waals surface area contributed by atoms with E-state index in [9.17, 15) is 5.11 Å². The van der Waals surface area contributed by atoms with E-state index in [-0.39, 0.29) is 12.4 Å². The largest absolute Gasteiger partial charge is 1.00 e. The molecule has 0 unspecified atom stereocenters. The van der Waals surface area contributed by atoms with E-state index in [1.54, 1.807) is 19.2 Å². The third-order valence-electron chi connectivity index (χ3n) is 3.64. The van der Waals surface area contributed by atoms with Crippen LogP contribution in [0.3, 0.4) is 0 Å². The topological polar surface area (TPSA) is 33.3 Å². The fraction of sp³-hybridized carbons (Fsp3) is 0.167. The van der Waals surface area contributed by atoms with Gasteiger partial charge in [0.25, 0.3) is 0 Å². The predicted octanol–water partition coefficient (Wildman–Crippen LogP) is 0.0882. The number of pyridine rings is 1. The number of phenols is 1. The molecular weight excluding hydrogens is 298 g/mol. The summed E-state index contributed by atoms with van der Waals surface area (Å²) in [6.07, 6.45) is 5.10. The third kappa shape index (κ3) is 3.68. The molecule has 0 aliphatic carbocycles.